The van der Waals surface area contributed by atoms with Gasteiger partial charge in [-0.15, -0.1) is 0 Å². The van der Waals surface area contributed by atoms with Gasteiger partial charge in [0.15, 0.2) is 17.3 Å². The monoisotopic (exact) mass is 573 g/mol. The number of aromatic nitrogens is 2. The third-order valence-electron chi connectivity index (χ3n) is 5.68. The fourth-order valence-corrected chi connectivity index (χ4v) is 4.07. The molecule has 0 bridgehead atoms. The molecule has 0 unspecified atom stereocenters. The molecule has 0 aliphatic heterocycles. The second kappa shape index (κ2) is 10.8. The number of ether oxygens (including phenoxy) is 2. The number of nitrogens with zero attached hydrogens (tertiary/aromatic N) is 3. The van der Waals surface area contributed by atoms with Crippen molar-refractivity contribution in [2.24, 2.45) is 5.10 Å². The van der Waals surface area contributed by atoms with Crippen molar-refractivity contribution >= 4 is 33.0 Å². The highest BCUT2D eigenvalue weighted by atomic mass is 79.9. The van der Waals surface area contributed by atoms with Gasteiger partial charge in [0, 0.05) is 15.6 Å². The molecule has 6 nitrogen and oxygen atoms in total. The predicted octanol–water partition coefficient (Wildman–Crippen LogP) is 6.91. The maximum absolute atomic E-state index is 13.4. The van der Waals surface area contributed by atoms with Crippen molar-refractivity contribution in [1.29, 1.82) is 0 Å². The zero-order valence-corrected chi connectivity index (χ0v) is 21.8. The first kappa shape index (κ1) is 26.4. The number of fused-ring (bicyclic) bond motifs is 1. The van der Waals surface area contributed by atoms with Gasteiger partial charge in [-0.25, -0.2) is 4.98 Å². The number of hydrogen-bond donors (Lipinski definition) is 0. The largest absolute Gasteiger partial charge is 0.493 e. The molecule has 0 aliphatic carbocycles. The number of hydrogen-bond acceptors (Lipinski definition) is 5. The molecular weight excluding hydrogens is 551 g/mol. The van der Waals surface area contributed by atoms with Gasteiger partial charge in [-0.3, -0.25) is 4.79 Å². The average Bonchev–Trinajstić information content (AvgIpc) is 2.88. The SMILES string of the molecule is CC[C@H](C)Oc1c(C=Nn2c(-c3cccc(C(F)(F)F)c3)nc3ccccc3c2=O)cc(Br)cc1OC. The summed E-state index contributed by atoms with van der Waals surface area (Å²) in [4.78, 5) is 17.9. The summed E-state index contributed by atoms with van der Waals surface area (Å²) in [5.41, 5.74) is -0.444. The van der Waals surface area contributed by atoms with Gasteiger partial charge in [0.1, 0.15) is 0 Å². The summed E-state index contributed by atoms with van der Waals surface area (Å²) in [6.45, 7) is 3.89. The summed E-state index contributed by atoms with van der Waals surface area (Å²) < 4.78 is 53.5. The zero-order valence-electron chi connectivity index (χ0n) is 20.2. The first-order valence-corrected chi connectivity index (χ1v) is 12.2. The maximum Gasteiger partial charge on any atom is 0.416 e. The zero-order chi connectivity index (χ0) is 26.7. The van der Waals surface area contributed by atoms with Gasteiger partial charge in [0.25, 0.3) is 5.56 Å². The van der Waals surface area contributed by atoms with E-state index in [0.717, 1.165) is 23.2 Å². The number of halogens is 4. The van der Waals surface area contributed by atoms with Crippen molar-refractivity contribution in [1.82, 2.24) is 9.66 Å². The molecule has 0 amide bonds. The van der Waals surface area contributed by atoms with Gasteiger partial charge < -0.3 is 9.47 Å². The summed E-state index contributed by atoms with van der Waals surface area (Å²) in [5.74, 6) is 0.849. The Kier molecular flexibility index (Phi) is 7.68. The molecule has 1 atom stereocenters. The fourth-order valence-electron chi connectivity index (χ4n) is 3.62. The molecule has 1 heterocycles. The van der Waals surface area contributed by atoms with E-state index in [-0.39, 0.29) is 22.9 Å². The first-order valence-electron chi connectivity index (χ1n) is 11.4. The minimum atomic E-state index is -4.56. The van der Waals surface area contributed by atoms with Crippen LogP contribution in [-0.4, -0.2) is 29.1 Å². The Morgan fingerprint density at radius 3 is 2.59 bits per heavy atom. The summed E-state index contributed by atoms with van der Waals surface area (Å²) >= 11 is 3.44. The molecule has 0 N–H and O–H groups in total. The van der Waals surface area contributed by atoms with Crippen LogP contribution in [0.15, 0.2) is 75.0 Å². The smallest absolute Gasteiger partial charge is 0.416 e. The van der Waals surface area contributed by atoms with Crippen LogP contribution in [0.25, 0.3) is 22.3 Å². The number of methoxy groups -OCH3 is 1. The van der Waals surface area contributed by atoms with Crippen LogP contribution in [0.2, 0.25) is 0 Å². The van der Waals surface area contributed by atoms with E-state index >= 15 is 0 Å². The minimum Gasteiger partial charge on any atom is -0.493 e. The van der Waals surface area contributed by atoms with Gasteiger partial charge in [0.05, 0.1) is 35.9 Å². The Bertz CT molecular complexity index is 1530. The number of benzene rings is 3. The molecule has 0 saturated heterocycles. The molecular formula is C27H23BrF3N3O3. The van der Waals surface area contributed by atoms with Crippen molar-refractivity contribution in [2.75, 3.05) is 7.11 Å². The van der Waals surface area contributed by atoms with Crippen LogP contribution in [0.4, 0.5) is 13.2 Å². The molecule has 0 radical (unpaired) electrons. The second-order valence-corrected chi connectivity index (χ2v) is 9.17. The Morgan fingerprint density at radius 1 is 1.14 bits per heavy atom. The van der Waals surface area contributed by atoms with E-state index in [1.165, 1.54) is 25.5 Å². The van der Waals surface area contributed by atoms with E-state index in [4.69, 9.17) is 9.47 Å². The highest BCUT2D eigenvalue weighted by molar-refractivity contribution is 9.10. The number of rotatable bonds is 7. The minimum absolute atomic E-state index is 0.0302. The van der Waals surface area contributed by atoms with Crippen LogP contribution in [0.5, 0.6) is 11.5 Å². The third kappa shape index (κ3) is 5.69. The second-order valence-electron chi connectivity index (χ2n) is 8.26. The van der Waals surface area contributed by atoms with Crippen molar-refractivity contribution < 1.29 is 22.6 Å². The van der Waals surface area contributed by atoms with Crippen LogP contribution in [0, 0.1) is 0 Å². The normalized spacial score (nSPS) is 12.7. The van der Waals surface area contributed by atoms with E-state index < -0.39 is 17.3 Å². The Morgan fingerprint density at radius 2 is 1.89 bits per heavy atom. The standard InChI is InChI=1S/C27H23BrF3N3O3/c1-4-16(2)37-24-18(13-20(28)14-23(24)36-3)15-32-34-25(17-8-7-9-19(12-17)27(29,30)31)33-22-11-6-5-10-21(22)26(34)35/h5-16H,4H2,1-3H3/t16-/m0/s1. The molecule has 0 aliphatic rings. The lowest BCUT2D eigenvalue weighted by molar-refractivity contribution is -0.137. The predicted molar refractivity (Wildman–Crippen MR) is 141 cm³/mol. The topological polar surface area (TPSA) is 65.7 Å². The number of alkyl halides is 3. The lowest BCUT2D eigenvalue weighted by Gasteiger charge is -2.18. The maximum atomic E-state index is 13.4. The van der Waals surface area contributed by atoms with Crippen molar-refractivity contribution in [3.05, 3.63) is 86.6 Å². The molecule has 4 aromatic rings. The Labute approximate surface area is 219 Å². The molecule has 4 rings (SSSR count). The van der Waals surface area contributed by atoms with Gasteiger partial charge >= 0.3 is 6.18 Å². The van der Waals surface area contributed by atoms with E-state index in [2.05, 4.69) is 26.0 Å². The van der Waals surface area contributed by atoms with Gasteiger partial charge in [-0.05, 0) is 49.7 Å². The van der Waals surface area contributed by atoms with Gasteiger partial charge in [-0.1, -0.05) is 47.1 Å². The molecule has 10 heteroatoms. The van der Waals surface area contributed by atoms with Crippen LogP contribution < -0.4 is 15.0 Å². The lowest BCUT2D eigenvalue weighted by atomic mass is 10.1. The third-order valence-corrected chi connectivity index (χ3v) is 6.13. The van der Waals surface area contributed by atoms with Crippen molar-refractivity contribution in [2.45, 2.75) is 32.5 Å². The molecule has 0 saturated carbocycles. The first-order chi connectivity index (χ1) is 17.6. The summed E-state index contributed by atoms with van der Waals surface area (Å²) in [5, 5.41) is 4.66. The molecule has 3 aromatic carbocycles. The van der Waals surface area contributed by atoms with E-state index in [9.17, 15) is 18.0 Å². The highest BCUT2D eigenvalue weighted by Gasteiger charge is 2.31. The van der Waals surface area contributed by atoms with Crippen molar-refractivity contribution in [3.63, 3.8) is 0 Å². The quantitative estimate of drug-likeness (QED) is 0.225. The van der Waals surface area contributed by atoms with Gasteiger partial charge in [0.2, 0.25) is 0 Å². The average molecular weight is 574 g/mol. The Hall–Kier alpha value is -3.66. The fraction of sp³-hybridized carbons (Fsp3) is 0.222. The molecule has 37 heavy (non-hydrogen) atoms. The summed E-state index contributed by atoms with van der Waals surface area (Å²) in [6, 6.07) is 14.7. The summed E-state index contributed by atoms with van der Waals surface area (Å²) in [7, 11) is 1.51. The Balaban J connectivity index is 1.94. The van der Waals surface area contributed by atoms with E-state index in [0.29, 0.717) is 27.1 Å². The van der Waals surface area contributed by atoms with Crippen LogP contribution in [-0.2, 0) is 6.18 Å². The molecule has 192 valence electrons. The van der Waals surface area contributed by atoms with Crippen molar-refractivity contribution in [3.8, 4) is 22.9 Å². The molecule has 0 spiro atoms. The van der Waals surface area contributed by atoms with Crippen LogP contribution >= 0.6 is 15.9 Å². The summed E-state index contributed by atoms with van der Waals surface area (Å²) in [6.07, 6.45) is -2.55. The number of para-hydroxylation sites is 1. The van der Waals surface area contributed by atoms with Gasteiger partial charge in [-0.2, -0.15) is 22.9 Å². The molecule has 1 aromatic heterocycles. The van der Waals surface area contributed by atoms with E-state index in [1.54, 1.807) is 36.4 Å². The lowest BCUT2D eigenvalue weighted by Crippen LogP contribution is -2.20. The molecule has 0 fully saturated rings. The highest BCUT2D eigenvalue weighted by Crippen LogP contribution is 2.35. The van der Waals surface area contributed by atoms with Crippen LogP contribution in [0.3, 0.4) is 0 Å². The van der Waals surface area contributed by atoms with E-state index in [1.807, 2.05) is 13.8 Å². The van der Waals surface area contributed by atoms with Crippen LogP contribution in [0.1, 0.15) is 31.4 Å².